The van der Waals surface area contributed by atoms with Crippen molar-refractivity contribution in [1.29, 1.82) is 0 Å². The number of aromatic nitrogens is 6. The summed E-state index contributed by atoms with van der Waals surface area (Å²) in [7, 11) is 3.59. The standard InChI is InChI=1S/C23H23BrFN7O3/c1-5-16-10-17(30(3)27-16)11-20-22(29-31(4)28-20)18-7-6-15(25)9-19(18)13(2)35-21-8-14(24)12-26-23(21)32(33)34/h6-10,12-13H,5,11H2,1-4H3. The molecule has 0 N–H and O–H groups in total. The number of ether oxygens (including phenoxy) is 1. The maximum Gasteiger partial charge on any atom is 0.406 e. The third-order valence-corrected chi connectivity index (χ3v) is 5.94. The maximum absolute atomic E-state index is 14.3. The highest BCUT2D eigenvalue weighted by molar-refractivity contribution is 9.10. The van der Waals surface area contributed by atoms with Crippen molar-refractivity contribution in [3.05, 3.63) is 79.6 Å². The maximum atomic E-state index is 14.3. The average molecular weight is 544 g/mol. The molecule has 182 valence electrons. The average Bonchev–Trinajstić information content (AvgIpc) is 3.35. The summed E-state index contributed by atoms with van der Waals surface area (Å²) < 4.78 is 22.6. The van der Waals surface area contributed by atoms with Gasteiger partial charge >= 0.3 is 5.82 Å². The van der Waals surface area contributed by atoms with Crippen molar-refractivity contribution in [3.8, 4) is 17.0 Å². The molecule has 0 amide bonds. The van der Waals surface area contributed by atoms with Crippen LogP contribution in [0.25, 0.3) is 11.3 Å². The van der Waals surface area contributed by atoms with E-state index in [4.69, 9.17) is 4.74 Å². The molecule has 3 heterocycles. The zero-order valence-corrected chi connectivity index (χ0v) is 21.2. The Morgan fingerprint density at radius 1 is 1.20 bits per heavy atom. The highest BCUT2D eigenvalue weighted by Crippen LogP contribution is 2.36. The van der Waals surface area contributed by atoms with E-state index < -0.39 is 22.7 Å². The molecule has 4 aromatic rings. The van der Waals surface area contributed by atoms with E-state index in [-0.39, 0.29) is 5.75 Å². The predicted molar refractivity (Wildman–Crippen MR) is 129 cm³/mol. The van der Waals surface area contributed by atoms with Crippen molar-refractivity contribution in [2.75, 3.05) is 0 Å². The zero-order valence-electron chi connectivity index (χ0n) is 19.6. The Morgan fingerprint density at radius 3 is 2.66 bits per heavy atom. The lowest BCUT2D eigenvalue weighted by Crippen LogP contribution is -2.09. The Hall–Kier alpha value is -3.67. The van der Waals surface area contributed by atoms with Gasteiger partial charge in [-0.2, -0.15) is 20.1 Å². The van der Waals surface area contributed by atoms with E-state index in [1.807, 2.05) is 24.7 Å². The van der Waals surface area contributed by atoms with Gasteiger partial charge in [0.15, 0.2) is 6.20 Å². The molecule has 0 saturated carbocycles. The van der Waals surface area contributed by atoms with Gasteiger partial charge in [0.05, 0.1) is 15.9 Å². The Bertz CT molecular complexity index is 1400. The largest absolute Gasteiger partial charge is 0.478 e. The summed E-state index contributed by atoms with van der Waals surface area (Å²) in [6, 6.07) is 7.78. The fourth-order valence-corrected chi connectivity index (χ4v) is 4.14. The summed E-state index contributed by atoms with van der Waals surface area (Å²) >= 11 is 3.26. The van der Waals surface area contributed by atoms with Gasteiger partial charge in [-0.1, -0.05) is 6.92 Å². The van der Waals surface area contributed by atoms with Gasteiger partial charge in [-0.25, -0.2) is 4.39 Å². The van der Waals surface area contributed by atoms with Gasteiger partial charge in [0.25, 0.3) is 0 Å². The van der Waals surface area contributed by atoms with Gasteiger partial charge in [0.2, 0.25) is 5.75 Å². The molecule has 3 aromatic heterocycles. The molecule has 0 aliphatic rings. The first-order valence-corrected chi connectivity index (χ1v) is 11.6. The van der Waals surface area contributed by atoms with Crippen LogP contribution in [0.3, 0.4) is 0 Å². The van der Waals surface area contributed by atoms with Gasteiger partial charge in [-0.15, -0.1) is 0 Å². The molecule has 4 rings (SSSR count). The lowest BCUT2D eigenvalue weighted by molar-refractivity contribution is -0.390. The second-order valence-corrected chi connectivity index (χ2v) is 8.91. The number of benzene rings is 1. The summed E-state index contributed by atoms with van der Waals surface area (Å²) in [6.07, 6.45) is 1.85. The first-order chi connectivity index (χ1) is 16.7. The number of hydrogen-bond donors (Lipinski definition) is 0. The Labute approximate surface area is 209 Å². The van der Waals surface area contributed by atoms with Crippen LogP contribution in [-0.4, -0.2) is 34.7 Å². The van der Waals surface area contributed by atoms with Crippen molar-refractivity contribution >= 4 is 21.7 Å². The highest BCUT2D eigenvalue weighted by Gasteiger charge is 2.25. The van der Waals surface area contributed by atoms with Crippen molar-refractivity contribution in [2.45, 2.75) is 32.8 Å². The highest BCUT2D eigenvalue weighted by atomic mass is 79.9. The molecule has 0 spiro atoms. The molecule has 0 bridgehead atoms. The van der Waals surface area contributed by atoms with E-state index >= 15 is 0 Å². The van der Waals surface area contributed by atoms with Crippen molar-refractivity contribution in [1.82, 2.24) is 29.8 Å². The first-order valence-electron chi connectivity index (χ1n) is 10.8. The van der Waals surface area contributed by atoms with Gasteiger partial charge in [0, 0.05) is 43.4 Å². The quantitative estimate of drug-likeness (QED) is 0.233. The third kappa shape index (κ3) is 5.21. The predicted octanol–water partition coefficient (Wildman–Crippen LogP) is 4.71. The summed E-state index contributed by atoms with van der Waals surface area (Å²) in [6.45, 7) is 3.73. The first kappa shape index (κ1) is 24.5. The third-order valence-electron chi connectivity index (χ3n) is 5.50. The SMILES string of the molecule is CCc1cc(Cc2nn(C)nc2-c2ccc(F)cc2C(C)Oc2cc(Br)cnc2[N+](=O)[O-])n(C)n1. The smallest absolute Gasteiger partial charge is 0.406 e. The van der Waals surface area contributed by atoms with Crippen molar-refractivity contribution in [2.24, 2.45) is 14.1 Å². The molecular weight excluding hydrogens is 521 g/mol. The van der Waals surface area contributed by atoms with E-state index in [0.29, 0.717) is 33.4 Å². The number of halogens is 2. The van der Waals surface area contributed by atoms with Gasteiger partial charge < -0.3 is 14.9 Å². The van der Waals surface area contributed by atoms with Crippen LogP contribution in [0.5, 0.6) is 5.75 Å². The minimum atomic E-state index is -0.756. The van der Waals surface area contributed by atoms with Crippen LogP contribution in [-0.2, 0) is 26.9 Å². The van der Waals surface area contributed by atoms with E-state index in [1.54, 1.807) is 20.0 Å². The molecule has 0 aliphatic heterocycles. The summed E-state index contributed by atoms with van der Waals surface area (Å²) in [5, 5.41) is 25.0. The van der Waals surface area contributed by atoms with Gasteiger partial charge in [0.1, 0.15) is 17.6 Å². The summed E-state index contributed by atoms with van der Waals surface area (Å²) in [5.74, 6) is -0.930. The van der Waals surface area contributed by atoms with Crippen LogP contribution < -0.4 is 4.74 Å². The molecule has 1 aromatic carbocycles. The molecule has 12 heteroatoms. The number of nitro groups is 1. The molecule has 35 heavy (non-hydrogen) atoms. The molecule has 0 saturated heterocycles. The summed E-state index contributed by atoms with van der Waals surface area (Å²) in [5.41, 5.74) is 4.28. The number of pyridine rings is 1. The molecule has 1 unspecified atom stereocenters. The minimum absolute atomic E-state index is 0.0339. The molecule has 0 fully saturated rings. The van der Waals surface area contributed by atoms with Crippen molar-refractivity contribution in [3.63, 3.8) is 0 Å². The van der Waals surface area contributed by atoms with Crippen LogP contribution in [0.15, 0.2) is 41.0 Å². The normalized spacial score (nSPS) is 12.1. The van der Waals surface area contributed by atoms with Crippen LogP contribution in [0.2, 0.25) is 0 Å². The Balaban J connectivity index is 1.74. The van der Waals surface area contributed by atoms with E-state index in [2.05, 4.69) is 36.2 Å². The van der Waals surface area contributed by atoms with Gasteiger partial charge in [-0.05, 0) is 63.4 Å². The van der Waals surface area contributed by atoms with E-state index in [1.165, 1.54) is 29.2 Å². The molecule has 10 nitrogen and oxygen atoms in total. The van der Waals surface area contributed by atoms with E-state index in [0.717, 1.165) is 17.8 Å². The number of nitrogens with zero attached hydrogens (tertiary/aromatic N) is 7. The second kappa shape index (κ2) is 9.90. The van der Waals surface area contributed by atoms with E-state index in [9.17, 15) is 14.5 Å². The molecule has 0 radical (unpaired) electrons. The number of rotatable bonds is 8. The van der Waals surface area contributed by atoms with Crippen LogP contribution >= 0.6 is 15.9 Å². The van der Waals surface area contributed by atoms with Crippen LogP contribution in [0, 0.1) is 15.9 Å². The topological polar surface area (TPSA) is 114 Å². The minimum Gasteiger partial charge on any atom is -0.478 e. The van der Waals surface area contributed by atoms with Crippen LogP contribution in [0.1, 0.15) is 42.6 Å². The molecular formula is C23H23BrFN7O3. The lowest BCUT2D eigenvalue weighted by atomic mass is 9.98. The second-order valence-electron chi connectivity index (χ2n) is 7.99. The zero-order chi connectivity index (χ0) is 25.3. The molecule has 0 aliphatic carbocycles. The fourth-order valence-electron chi connectivity index (χ4n) is 3.83. The number of aryl methyl sites for hydroxylation is 3. The lowest BCUT2D eigenvalue weighted by Gasteiger charge is -2.18. The molecule has 1 atom stereocenters. The Morgan fingerprint density at radius 2 is 1.97 bits per heavy atom. The van der Waals surface area contributed by atoms with Crippen molar-refractivity contribution < 1.29 is 14.1 Å². The number of hydrogen-bond acceptors (Lipinski definition) is 7. The fraction of sp³-hybridized carbons (Fsp3) is 0.304. The summed E-state index contributed by atoms with van der Waals surface area (Å²) in [4.78, 5) is 16.1. The Kier molecular flexibility index (Phi) is 6.92. The van der Waals surface area contributed by atoms with Crippen LogP contribution in [0.4, 0.5) is 10.2 Å². The monoisotopic (exact) mass is 543 g/mol. The van der Waals surface area contributed by atoms with Gasteiger partial charge in [-0.3, -0.25) is 4.68 Å².